The van der Waals surface area contributed by atoms with Crippen molar-refractivity contribution in [3.05, 3.63) is 35.7 Å². The highest BCUT2D eigenvalue weighted by Gasteiger charge is 2.46. The van der Waals surface area contributed by atoms with Crippen LogP contribution in [0.4, 0.5) is 0 Å². The number of tetrazole rings is 1. The molecular weight excluding hydrogens is 358 g/mol. The molecule has 1 aliphatic carbocycles. The first kappa shape index (κ1) is 19.0. The van der Waals surface area contributed by atoms with Crippen molar-refractivity contribution in [2.75, 3.05) is 33.4 Å². The maximum atomic E-state index is 12.3. The van der Waals surface area contributed by atoms with Crippen molar-refractivity contribution in [1.82, 2.24) is 25.1 Å². The molecule has 0 N–H and O–H groups in total. The molecule has 2 aromatic rings. The van der Waals surface area contributed by atoms with Gasteiger partial charge in [0.05, 0.1) is 37.1 Å². The van der Waals surface area contributed by atoms with Crippen LogP contribution >= 0.6 is 0 Å². The summed E-state index contributed by atoms with van der Waals surface area (Å²) in [7, 11) is 1.39. The van der Waals surface area contributed by atoms with E-state index in [-0.39, 0.29) is 5.54 Å². The van der Waals surface area contributed by atoms with E-state index in [9.17, 15) is 4.79 Å². The lowest BCUT2D eigenvalue weighted by molar-refractivity contribution is -0.0499. The molecule has 2 heterocycles. The molecule has 1 saturated carbocycles. The summed E-state index contributed by atoms with van der Waals surface area (Å²) in [4.78, 5) is 14.8. The van der Waals surface area contributed by atoms with Crippen LogP contribution in [0.25, 0.3) is 5.69 Å². The van der Waals surface area contributed by atoms with Gasteiger partial charge in [-0.05, 0) is 54.2 Å². The van der Waals surface area contributed by atoms with Gasteiger partial charge in [0.15, 0.2) is 5.82 Å². The summed E-state index contributed by atoms with van der Waals surface area (Å²) in [5, 5.41) is 12.8. The van der Waals surface area contributed by atoms with Gasteiger partial charge in [-0.3, -0.25) is 4.90 Å². The lowest BCUT2D eigenvalue weighted by atomic mass is 9.75. The van der Waals surface area contributed by atoms with Gasteiger partial charge in [0, 0.05) is 13.1 Å². The van der Waals surface area contributed by atoms with E-state index in [4.69, 9.17) is 9.47 Å². The minimum atomic E-state index is -0.394. The largest absolute Gasteiger partial charge is 0.465 e. The van der Waals surface area contributed by atoms with E-state index in [0.29, 0.717) is 17.2 Å². The summed E-state index contributed by atoms with van der Waals surface area (Å²) >= 11 is 0. The Balaban J connectivity index is 1.81. The Hall–Kier alpha value is -2.32. The Morgan fingerprint density at radius 2 is 1.93 bits per heavy atom. The number of esters is 1. The van der Waals surface area contributed by atoms with Gasteiger partial charge in [-0.1, -0.05) is 19.1 Å². The Bertz CT molecular complexity index is 823. The standard InChI is InChI=1S/C20H27N5O3/c1-15-7-9-20(10-8-15,24-11-13-28-14-12-24)19-21-22-23-25(19)17-6-4-3-5-16(17)18(26)27-2/h3-6,15H,7-14H2,1-2H3. The number of carbonyl (C=O) groups is 1. The third-order valence-electron chi connectivity index (χ3n) is 6.14. The van der Waals surface area contributed by atoms with E-state index in [0.717, 1.165) is 57.8 Å². The van der Waals surface area contributed by atoms with Gasteiger partial charge < -0.3 is 9.47 Å². The molecule has 8 nitrogen and oxygen atoms in total. The van der Waals surface area contributed by atoms with Gasteiger partial charge in [-0.15, -0.1) is 5.10 Å². The van der Waals surface area contributed by atoms with Crippen LogP contribution in [0.3, 0.4) is 0 Å². The highest BCUT2D eigenvalue weighted by molar-refractivity contribution is 5.93. The first-order valence-corrected chi connectivity index (χ1v) is 9.95. The smallest absolute Gasteiger partial charge is 0.340 e. The molecule has 8 heteroatoms. The number of aromatic nitrogens is 4. The van der Waals surface area contributed by atoms with Gasteiger partial charge in [-0.2, -0.15) is 4.68 Å². The summed E-state index contributed by atoms with van der Waals surface area (Å²) in [6, 6.07) is 7.32. The van der Waals surface area contributed by atoms with Crippen molar-refractivity contribution in [1.29, 1.82) is 0 Å². The maximum absolute atomic E-state index is 12.3. The molecule has 4 rings (SSSR count). The predicted molar refractivity (Wildman–Crippen MR) is 102 cm³/mol. The summed E-state index contributed by atoms with van der Waals surface area (Å²) in [5.41, 5.74) is 0.865. The third-order valence-corrected chi connectivity index (χ3v) is 6.14. The number of benzene rings is 1. The third kappa shape index (κ3) is 3.31. The van der Waals surface area contributed by atoms with Gasteiger partial charge in [-0.25, -0.2) is 4.79 Å². The molecule has 1 aliphatic heterocycles. The fourth-order valence-electron chi connectivity index (χ4n) is 4.49. The summed E-state index contributed by atoms with van der Waals surface area (Å²) in [5.74, 6) is 1.10. The number of hydrogen-bond donors (Lipinski definition) is 0. The van der Waals surface area contributed by atoms with E-state index in [1.165, 1.54) is 7.11 Å². The summed E-state index contributed by atoms with van der Waals surface area (Å²) < 4.78 is 12.3. The van der Waals surface area contributed by atoms with Crippen molar-refractivity contribution in [3.8, 4) is 5.69 Å². The van der Waals surface area contributed by atoms with E-state index in [1.54, 1.807) is 10.7 Å². The molecular formula is C20H27N5O3. The van der Waals surface area contributed by atoms with E-state index in [1.807, 2.05) is 18.2 Å². The molecule has 0 spiro atoms. The average molecular weight is 385 g/mol. The second-order valence-corrected chi connectivity index (χ2v) is 7.74. The Morgan fingerprint density at radius 1 is 1.21 bits per heavy atom. The molecule has 1 aromatic carbocycles. The number of para-hydroxylation sites is 1. The van der Waals surface area contributed by atoms with Crippen LogP contribution in [0.1, 0.15) is 48.8 Å². The molecule has 150 valence electrons. The van der Waals surface area contributed by atoms with E-state index in [2.05, 4.69) is 27.3 Å². The van der Waals surface area contributed by atoms with Crippen molar-refractivity contribution in [2.24, 2.45) is 5.92 Å². The zero-order valence-corrected chi connectivity index (χ0v) is 16.5. The van der Waals surface area contributed by atoms with Crippen molar-refractivity contribution >= 4 is 5.97 Å². The Kier molecular flexibility index (Phi) is 5.41. The number of ether oxygens (including phenoxy) is 2. The molecule has 1 aromatic heterocycles. The minimum absolute atomic E-state index is 0.247. The van der Waals surface area contributed by atoms with Crippen LogP contribution in [-0.2, 0) is 15.0 Å². The molecule has 0 unspecified atom stereocenters. The highest BCUT2D eigenvalue weighted by Crippen LogP contribution is 2.44. The monoisotopic (exact) mass is 385 g/mol. The van der Waals surface area contributed by atoms with Crippen molar-refractivity contribution in [2.45, 2.75) is 38.1 Å². The molecule has 1 saturated heterocycles. The molecule has 2 aliphatic rings. The van der Waals surface area contributed by atoms with Gasteiger partial charge >= 0.3 is 5.97 Å². The maximum Gasteiger partial charge on any atom is 0.340 e. The first-order valence-electron chi connectivity index (χ1n) is 9.95. The van der Waals surface area contributed by atoms with Gasteiger partial charge in [0.1, 0.15) is 0 Å². The minimum Gasteiger partial charge on any atom is -0.465 e. The summed E-state index contributed by atoms with van der Waals surface area (Å²) in [6.07, 6.45) is 4.25. The number of morpholine rings is 1. The second kappa shape index (κ2) is 7.97. The number of hydrogen-bond acceptors (Lipinski definition) is 7. The van der Waals surface area contributed by atoms with Crippen LogP contribution in [-0.4, -0.2) is 64.5 Å². The van der Waals surface area contributed by atoms with Crippen molar-refractivity contribution in [3.63, 3.8) is 0 Å². The zero-order chi connectivity index (χ0) is 19.6. The molecule has 28 heavy (non-hydrogen) atoms. The Morgan fingerprint density at radius 3 is 2.64 bits per heavy atom. The number of methoxy groups -OCH3 is 1. The highest BCUT2D eigenvalue weighted by atomic mass is 16.5. The van der Waals surface area contributed by atoms with Crippen LogP contribution in [0, 0.1) is 5.92 Å². The molecule has 0 bridgehead atoms. The Labute approximate surface area is 164 Å². The topological polar surface area (TPSA) is 82.4 Å². The predicted octanol–water partition coefficient (Wildman–Crippen LogP) is 2.19. The summed E-state index contributed by atoms with van der Waals surface area (Å²) in [6.45, 7) is 5.47. The van der Waals surface area contributed by atoms with E-state index < -0.39 is 5.97 Å². The second-order valence-electron chi connectivity index (χ2n) is 7.74. The fourth-order valence-corrected chi connectivity index (χ4v) is 4.49. The lowest BCUT2D eigenvalue weighted by Crippen LogP contribution is -2.54. The fraction of sp³-hybridized carbons (Fsp3) is 0.600. The van der Waals surface area contributed by atoms with Crippen LogP contribution < -0.4 is 0 Å². The average Bonchev–Trinajstić information content (AvgIpc) is 3.25. The normalized spacial score (nSPS) is 26.1. The molecule has 0 radical (unpaired) electrons. The first-order chi connectivity index (χ1) is 13.7. The van der Waals surface area contributed by atoms with E-state index >= 15 is 0 Å². The molecule has 0 atom stereocenters. The van der Waals surface area contributed by atoms with Crippen LogP contribution in [0.5, 0.6) is 0 Å². The van der Waals surface area contributed by atoms with Crippen LogP contribution in [0.2, 0.25) is 0 Å². The number of carbonyl (C=O) groups excluding carboxylic acids is 1. The molecule has 0 amide bonds. The van der Waals surface area contributed by atoms with Gasteiger partial charge in [0.2, 0.25) is 0 Å². The SMILES string of the molecule is COC(=O)c1ccccc1-n1nnnc1C1(N2CCOCC2)CCC(C)CC1. The van der Waals surface area contributed by atoms with Gasteiger partial charge in [0.25, 0.3) is 0 Å². The molecule has 2 fully saturated rings. The number of rotatable bonds is 4. The van der Waals surface area contributed by atoms with Crippen LogP contribution in [0.15, 0.2) is 24.3 Å². The quantitative estimate of drug-likeness (QED) is 0.746. The zero-order valence-electron chi connectivity index (χ0n) is 16.5. The van der Waals surface area contributed by atoms with Crippen molar-refractivity contribution < 1.29 is 14.3 Å². The lowest BCUT2D eigenvalue weighted by Gasteiger charge is -2.47. The number of nitrogens with zero attached hydrogens (tertiary/aromatic N) is 5.